The van der Waals surface area contributed by atoms with Crippen molar-refractivity contribution in [2.45, 2.75) is 6.54 Å². The molecule has 3 rings (SSSR count). The Balaban J connectivity index is 0.00000225. The van der Waals surface area contributed by atoms with Crippen LogP contribution in [0.3, 0.4) is 0 Å². The SMILES string of the molecule is COc1ccc(NC(N)=NCc2nncn2-c2ccccc2)cc1.I. The fourth-order valence-electron chi connectivity index (χ4n) is 2.19. The van der Waals surface area contributed by atoms with Crippen molar-refractivity contribution >= 4 is 35.6 Å². The summed E-state index contributed by atoms with van der Waals surface area (Å²) >= 11 is 0. The second kappa shape index (κ2) is 9.02. The lowest BCUT2D eigenvalue weighted by Gasteiger charge is -2.07. The van der Waals surface area contributed by atoms with E-state index in [1.807, 2.05) is 59.2 Å². The molecule has 3 N–H and O–H groups in total. The maximum Gasteiger partial charge on any atom is 0.193 e. The van der Waals surface area contributed by atoms with Gasteiger partial charge < -0.3 is 15.8 Å². The van der Waals surface area contributed by atoms with E-state index in [9.17, 15) is 0 Å². The quantitative estimate of drug-likeness (QED) is 0.355. The predicted molar refractivity (Wildman–Crippen MR) is 109 cm³/mol. The molecule has 1 heterocycles. The van der Waals surface area contributed by atoms with Gasteiger partial charge in [0.2, 0.25) is 0 Å². The summed E-state index contributed by atoms with van der Waals surface area (Å²) in [7, 11) is 1.63. The van der Waals surface area contributed by atoms with E-state index in [2.05, 4.69) is 20.5 Å². The van der Waals surface area contributed by atoms with E-state index in [4.69, 9.17) is 10.5 Å². The third kappa shape index (κ3) is 4.92. The van der Waals surface area contributed by atoms with Gasteiger partial charge in [0.1, 0.15) is 18.6 Å². The van der Waals surface area contributed by atoms with E-state index in [1.54, 1.807) is 13.4 Å². The molecular formula is C17H19IN6O. The van der Waals surface area contributed by atoms with Gasteiger partial charge in [-0.25, -0.2) is 4.99 Å². The highest BCUT2D eigenvalue weighted by atomic mass is 127. The van der Waals surface area contributed by atoms with Gasteiger partial charge in [-0.1, -0.05) is 18.2 Å². The Hall–Kier alpha value is -2.62. The molecule has 8 heteroatoms. The Morgan fingerprint density at radius 1 is 1.16 bits per heavy atom. The monoisotopic (exact) mass is 450 g/mol. The summed E-state index contributed by atoms with van der Waals surface area (Å²) in [5.74, 6) is 1.80. The number of anilines is 1. The average molecular weight is 450 g/mol. The number of nitrogens with zero attached hydrogens (tertiary/aromatic N) is 4. The van der Waals surface area contributed by atoms with Crippen molar-refractivity contribution in [2.75, 3.05) is 12.4 Å². The second-order valence-electron chi connectivity index (χ2n) is 5.01. The normalized spacial score (nSPS) is 10.8. The van der Waals surface area contributed by atoms with E-state index in [0.29, 0.717) is 18.3 Å². The van der Waals surface area contributed by atoms with Crippen LogP contribution in [-0.4, -0.2) is 27.8 Å². The number of methoxy groups -OCH3 is 1. The highest BCUT2D eigenvalue weighted by molar-refractivity contribution is 14.0. The van der Waals surface area contributed by atoms with Crippen molar-refractivity contribution in [1.29, 1.82) is 0 Å². The molecule has 0 fully saturated rings. The molecule has 0 aliphatic rings. The molecule has 0 amide bonds. The molecule has 3 aromatic rings. The van der Waals surface area contributed by atoms with Crippen LogP contribution in [0.1, 0.15) is 5.82 Å². The maximum atomic E-state index is 5.93. The minimum atomic E-state index is 0. The summed E-state index contributed by atoms with van der Waals surface area (Å²) < 4.78 is 7.00. The number of halogens is 1. The van der Waals surface area contributed by atoms with E-state index < -0.39 is 0 Å². The summed E-state index contributed by atoms with van der Waals surface area (Å²) in [6.45, 7) is 0.323. The number of ether oxygens (including phenoxy) is 1. The van der Waals surface area contributed by atoms with Gasteiger partial charge in [0.05, 0.1) is 7.11 Å². The summed E-state index contributed by atoms with van der Waals surface area (Å²) in [6, 6.07) is 17.3. The molecule has 0 unspecified atom stereocenters. The third-order valence-electron chi connectivity index (χ3n) is 3.41. The van der Waals surface area contributed by atoms with Gasteiger partial charge in [0, 0.05) is 11.4 Å². The molecule has 25 heavy (non-hydrogen) atoms. The zero-order chi connectivity index (χ0) is 16.8. The van der Waals surface area contributed by atoms with E-state index >= 15 is 0 Å². The van der Waals surface area contributed by atoms with Crippen LogP contribution in [-0.2, 0) is 6.54 Å². The van der Waals surface area contributed by atoms with Gasteiger partial charge in [-0.3, -0.25) is 4.57 Å². The summed E-state index contributed by atoms with van der Waals surface area (Å²) in [4.78, 5) is 4.32. The molecule has 0 aliphatic heterocycles. The van der Waals surface area contributed by atoms with Crippen LogP contribution < -0.4 is 15.8 Å². The molecule has 1 aromatic heterocycles. The number of nitrogens with two attached hydrogens (primary N) is 1. The molecule has 2 aromatic carbocycles. The van der Waals surface area contributed by atoms with Gasteiger partial charge in [-0.05, 0) is 36.4 Å². The first-order valence-corrected chi connectivity index (χ1v) is 7.41. The summed E-state index contributed by atoms with van der Waals surface area (Å²) in [5, 5.41) is 11.1. The Labute approximate surface area is 163 Å². The minimum absolute atomic E-state index is 0. The summed E-state index contributed by atoms with van der Waals surface area (Å²) in [6.07, 6.45) is 1.66. The number of nitrogens with one attached hydrogen (secondary N) is 1. The highest BCUT2D eigenvalue weighted by Crippen LogP contribution is 2.15. The zero-order valence-corrected chi connectivity index (χ0v) is 16.0. The Bertz CT molecular complexity index is 817. The van der Waals surface area contributed by atoms with Gasteiger partial charge in [0.25, 0.3) is 0 Å². The van der Waals surface area contributed by atoms with Crippen molar-refractivity contribution in [3.63, 3.8) is 0 Å². The van der Waals surface area contributed by atoms with Crippen LogP contribution in [0.2, 0.25) is 0 Å². The lowest BCUT2D eigenvalue weighted by atomic mass is 10.3. The topological polar surface area (TPSA) is 90.3 Å². The van der Waals surface area contributed by atoms with Crippen LogP contribution in [0.5, 0.6) is 5.75 Å². The number of aliphatic imine (C=N–C) groups is 1. The fourth-order valence-corrected chi connectivity index (χ4v) is 2.19. The third-order valence-corrected chi connectivity index (χ3v) is 3.41. The van der Waals surface area contributed by atoms with Gasteiger partial charge in [-0.15, -0.1) is 34.2 Å². The number of para-hydroxylation sites is 1. The van der Waals surface area contributed by atoms with Crippen molar-refractivity contribution < 1.29 is 4.74 Å². The number of rotatable bonds is 5. The standard InChI is InChI=1S/C17H18N6O.HI/c1-24-15-9-7-13(8-10-15)21-17(18)19-11-16-22-20-12-23(16)14-5-3-2-4-6-14;/h2-10,12H,11H2,1H3,(H3,18,19,21);1H. The highest BCUT2D eigenvalue weighted by Gasteiger charge is 2.05. The average Bonchev–Trinajstić information content (AvgIpc) is 3.10. The van der Waals surface area contributed by atoms with Gasteiger partial charge >= 0.3 is 0 Å². The smallest absolute Gasteiger partial charge is 0.193 e. The van der Waals surface area contributed by atoms with E-state index in [1.165, 1.54) is 0 Å². The second-order valence-corrected chi connectivity index (χ2v) is 5.01. The maximum absolute atomic E-state index is 5.93. The zero-order valence-electron chi connectivity index (χ0n) is 13.7. The molecule has 7 nitrogen and oxygen atoms in total. The number of hydrogen-bond donors (Lipinski definition) is 2. The van der Waals surface area contributed by atoms with Crippen LogP contribution in [0.25, 0.3) is 5.69 Å². The molecule has 0 atom stereocenters. The Kier molecular flexibility index (Phi) is 6.75. The van der Waals surface area contributed by atoms with Crippen molar-refractivity contribution in [3.8, 4) is 11.4 Å². The van der Waals surface area contributed by atoms with Crippen LogP contribution in [0.4, 0.5) is 5.69 Å². The largest absolute Gasteiger partial charge is 0.497 e. The first kappa shape index (κ1) is 18.7. The molecule has 0 saturated carbocycles. The fraction of sp³-hybridized carbons (Fsp3) is 0.118. The molecule has 0 aliphatic carbocycles. The molecule has 0 bridgehead atoms. The molecule has 0 saturated heterocycles. The van der Waals surface area contributed by atoms with E-state index in [0.717, 1.165) is 17.1 Å². The predicted octanol–water partition coefficient (Wildman–Crippen LogP) is 2.82. The minimum Gasteiger partial charge on any atom is -0.497 e. The van der Waals surface area contributed by atoms with Gasteiger partial charge in [0.15, 0.2) is 11.8 Å². The lowest BCUT2D eigenvalue weighted by Crippen LogP contribution is -2.22. The summed E-state index contributed by atoms with van der Waals surface area (Å²) in [5.41, 5.74) is 7.75. The molecule has 130 valence electrons. The Morgan fingerprint density at radius 2 is 1.88 bits per heavy atom. The Morgan fingerprint density at radius 3 is 2.56 bits per heavy atom. The van der Waals surface area contributed by atoms with Crippen LogP contribution in [0, 0.1) is 0 Å². The number of guanidine groups is 1. The lowest BCUT2D eigenvalue weighted by molar-refractivity contribution is 0.415. The molecule has 0 radical (unpaired) electrons. The molecule has 0 spiro atoms. The first-order chi connectivity index (χ1) is 11.8. The first-order valence-electron chi connectivity index (χ1n) is 7.41. The van der Waals surface area contributed by atoms with Crippen molar-refractivity contribution in [2.24, 2.45) is 10.7 Å². The molecular weight excluding hydrogens is 431 g/mol. The van der Waals surface area contributed by atoms with Crippen molar-refractivity contribution in [1.82, 2.24) is 14.8 Å². The van der Waals surface area contributed by atoms with Crippen LogP contribution in [0.15, 0.2) is 65.9 Å². The number of benzene rings is 2. The van der Waals surface area contributed by atoms with E-state index in [-0.39, 0.29) is 24.0 Å². The van der Waals surface area contributed by atoms with Crippen LogP contribution >= 0.6 is 24.0 Å². The van der Waals surface area contributed by atoms with Crippen molar-refractivity contribution in [3.05, 3.63) is 66.7 Å². The van der Waals surface area contributed by atoms with Gasteiger partial charge in [-0.2, -0.15) is 0 Å². The number of aromatic nitrogens is 3. The number of hydrogen-bond acceptors (Lipinski definition) is 4.